The first kappa shape index (κ1) is 19.3. The standard InChI is InChI=1S/C19H21ClN2O2S/c1-13-4-3-5-17(14(13)2)22-18(23)10-21-19(24)12-25-11-15-6-8-16(20)9-7-15/h3-9H,10-12H2,1-2H3,(H,21,24)(H,22,23). The minimum atomic E-state index is -0.232. The van der Waals surface area contributed by atoms with Crippen LogP contribution in [0.2, 0.25) is 5.02 Å². The first-order valence-corrected chi connectivity index (χ1v) is 9.44. The molecule has 25 heavy (non-hydrogen) atoms. The van der Waals surface area contributed by atoms with Crippen LogP contribution in [-0.4, -0.2) is 24.1 Å². The summed E-state index contributed by atoms with van der Waals surface area (Å²) >= 11 is 7.33. The Morgan fingerprint density at radius 2 is 1.76 bits per heavy atom. The summed E-state index contributed by atoms with van der Waals surface area (Å²) in [5.41, 5.74) is 4.02. The van der Waals surface area contributed by atoms with E-state index in [-0.39, 0.29) is 18.4 Å². The lowest BCUT2D eigenvalue weighted by Gasteiger charge is -2.11. The van der Waals surface area contributed by atoms with Gasteiger partial charge in [0.2, 0.25) is 11.8 Å². The van der Waals surface area contributed by atoms with Gasteiger partial charge < -0.3 is 10.6 Å². The molecule has 4 nitrogen and oxygen atoms in total. The minimum Gasteiger partial charge on any atom is -0.346 e. The van der Waals surface area contributed by atoms with Crippen LogP contribution in [0.25, 0.3) is 0 Å². The van der Waals surface area contributed by atoms with Crippen LogP contribution in [0.15, 0.2) is 42.5 Å². The molecule has 0 unspecified atom stereocenters. The van der Waals surface area contributed by atoms with Crippen LogP contribution >= 0.6 is 23.4 Å². The number of carbonyl (C=O) groups excluding carboxylic acids is 2. The number of halogens is 1. The molecule has 0 aliphatic rings. The molecule has 0 aliphatic carbocycles. The third-order valence-electron chi connectivity index (χ3n) is 3.74. The summed E-state index contributed by atoms with van der Waals surface area (Å²) in [6, 6.07) is 13.3. The summed E-state index contributed by atoms with van der Waals surface area (Å²) in [7, 11) is 0. The highest BCUT2D eigenvalue weighted by atomic mass is 35.5. The summed E-state index contributed by atoms with van der Waals surface area (Å²) in [6.07, 6.45) is 0. The highest BCUT2D eigenvalue weighted by Crippen LogP contribution is 2.18. The number of nitrogens with one attached hydrogen (secondary N) is 2. The normalized spacial score (nSPS) is 10.4. The van der Waals surface area contributed by atoms with Crippen molar-refractivity contribution in [2.24, 2.45) is 0 Å². The number of anilines is 1. The molecule has 2 aromatic rings. The molecule has 2 rings (SSSR count). The van der Waals surface area contributed by atoms with E-state index in [4.69, 9.17) is 11.6 Å². The second kappa shape index (κ2) is 9.49. The average molecular weight is 377 g/mol. The molecule has 0 aromatic heterocycles. The maximum Gasteiger partial charge on any atom is 0.243 e. The van der Waals surface area contributed by atoms with Crippen LogP contribution in [0, 0.1) is 13.8 Å². The topological polar surface area (TPSA) is 58.2 Å². The van der Waals surface area contributed by atoms with Crippen molar-refractivity contribution in [2.75, 3.05) is 17.6 Å². The smallest absolute Gasteiger partial charge is 0.243 e. The number of thioether (sulfide) groups is 1. The zero-order valence-electron chi connectivity index (χ0n) is 14.3. The van der Waals surface area contributed by atoms with Gasteiger partial charge in [-0.15, -0.1) is 11.8 Å². The fourth-order valence-corrected chi connectivity index (χ4v) is 3.10. The molecule has 0 spiro atoms. The molecule has 0 saturated heterocycles. The van der Waals surface area contributed by atoms with E-state index in [1.807, 2.05) is 56.3 Å². The highest BCUT2D eigenvalue weighted by molar-refractivity contribution is 7.99. The first-order chi connectivity index (χ1) is 12.0. The zero-order valence-corrected chi connectivity index (χ0v) is 15.8. The third kappa shape index (κ3) is 6.44. The van der Waals surface area contributed by atoms with E-state index in [9.17, 15) is 9.59 Å². The predicted molar refractivity (Wildman–Crippen MR) is 105 cm³/mol. The Kier molecular flexibility index (Phi) is 7.34. The summed E-state index contributed by atoms with van der Waals surface area (Å²) in [5, 5.41) is 6.16. The van der Waals surface area contributed by atoms with Gasteiger partial charge in [-0.25, -0.2) is 0 Å². The zero-order chi connectivity index (χ0) is 18.2. The van der Waals surface area contributed by atoms with E-state index in [2.05, 4.69) is 10.6 Å². The minimum absolute atomic E-state index is 0.0340. The fraction of sp³-hybridized carbons (Fsp3) is 0.263. The Bertz CT molecular complexity index is 748. The van der Waals surface area contributed by atoms with Gasteiger partial charge in [0.15, 0.2) is 0 Å². The van der Waals surface area contributed by atoms with Crippen molar-refractivity contribution in [1.29, 1.82) is 0 Å². The van der Waals surface area contributed by atoms with Crippen LogP contribution in [0.1, 0.15) is 16.7 Å². The van der Waals surface area contributed by atoms with Gasteiger partial charge in [0.1, 0.15) is 0 Å². The first-order valence-electron chi connectivity index (χ1n) is 7.90. The highest BCUT2D eigenvalue weighted by Gasteiger charge is 2.08. The van der Waals surface area contributed by atoms with Crippen LogP contribution in [0.4, 0.5) is 5.69 Å². The van der Waals surface area contributed by atoms with Crippen molar-refractivity contribution >= 4 is 40.9 Å². The summed E-state index contributed by atoms with van der Waals surface area (Å²) in [5.74, 6) is 0.637. The van der Waals surface area contributed by atoms with Crippen molar-refractivity contribution in [3.63, 3.8) is 0 Å². The molecule has 0 heterocycles. The predicted octanol–water partition coefficient (Wildman–Crippen LogP) is 3.94. The van der Waals surface area contributed by atoms with Crippen molar-refractivity contribution in [3.8, 4) is 0 Å². The second-order valence-corrected chi connectivity index (χ2v) is 7.11. The lowest BCUT2D eigenvalue weighted by molar-refractivity contribution is -0.122. The molecule has 6 heteroatoms. The van der Waals surface area contributed by atoms with Gasteiger partial charge in [-0.3, -0.25) is 9.59 Å². The molecular weight excluding hydrogens is 356 g/mol. The number of aryl methyl sites for hydroxylation is 1. The van der Waals surface area contributed by atoms with Gasteiger partial charge in [0.25, 0.3) is 0 Å². The average Bonchev–Trinajstić information content (AvgIpc) is 2.59. The Balaban J connectivity index is 1.69. The van der Waals surface area contributed by atoms with Crippen LogP contribution in [0.3, 0.4) is 0 Å². The van der Waals surface area contributed by atoms with E-state index in [0.29, 0.717) is 10.8 Å². The number of hydrogen-bond acceptors (Lipinski definition) is 3. The lowest BCUT2D eigenvalue weighted by Crippen LogP contribution is -2.34. The van der Waals surface area contributed by atoms with Gasteiger partial charge >= 0.3 is 0 Å². The van der Waals surface area contributed by atoms with Gasteiger partial charge in [-0.2, -0.15) is 0 Å². The van der Waals surface area contributed by atoms with Crippen LogP contribution in [0.5, 0.6) is 0 Å². The number of carbonyl (C=O) groups is 2. The van der Waals surface area contributed by atoms with Gasteiger partial charge in [-0.1, -0.05) is 35.9 Å². The van der Waals surface area contributed by atoms with Gasteiger partial charge in [0, 0.05) is 16.5 Å². The molecule has 2 N–H and O–H groups in total. The fourth-order valence-electron chi connectivity index (χ4n) is 2.15. The van der Waals surface area contributed by atoms with E-state index in [1.54, 1.807) is 0 Å². The molecule has 0 aliphatic heterocycles. The van der Waals surface area contributed by atoms with E-state index >= 15 is 0 Å². The summed E-state index contributed by atoms with van der Waals surface area (Å²) < 4.78 is 0. The van der Waals surface area contributed by atoms with E-state index in [0.717, 1.165) is 28.1 Å². The molecule has 0 saturated carbocycles. The summed E-state index contributed by atoms with van der Waals surface area (Å²) in [6.45, 7) is 3.91. The number of amides is 2. The van der Waals surface area contributed by atoms with Gasteiger partial charge in [0.05, 0.1) is 12.3 Å². The molecule has 0 fully saturated rings. The Morgan fingerprint density at radius 3 is 2.48 bits per heavy atom. The summed E-state index contributed by atoms with van der Waals surface area (Å²) in [4.78, 5) is 23.8. The second-order valence-electron chi connectivity index (χ2n) is 5.69. The maximum absolute atomic E-state index is 12.0. The van der Waals surface area contributed by atoms with E-state index < -0.39 is 0 Å². The van der Waals surface area contributed by atoms with Gasteiger partial charge in [-0.05, 0) is 48.7 Å². The Morgan fingerprint density at radius 1 is 1.04 bits per heavy atom. The molecule has 0 bridgehead atoms. The molecule has 132 valence electrons. The largest absolute Gasteiger partial charge is 0.346 e. The number of benzene rings is 2. The number of rotatable bonds is 7. The van der Waals surface area contributed by atoms with Crippen LogP contribution in [-0.2, 0) is 15.3 Å². The van der Waals surface area contributed by atoms with E-state index in [1.165, 1.54) is 11.8 Å². The van der Waals surface area contributed by atoms with Crippen LogP contribution < -0.4 is 10.6 Å². The van der Waals surface area contributed by atoms with Crippen molar-refractivity contribution in [3.05, 3.63) is 64.2 Å². The van der Waals surface area contributed by atoms with Crippen molar-refractivity contribution in [1.82, 2.24) is 5.32 Å². The Labute approximate surface area is 157 Å². The van der Waals surface area contributed by atoms with Crippen molar-refractivity contribution < 1.29 is 9.59 Å². The third-order valence-corrected chi connectivity index (χ3v) is 5.00. The number of hydrogen-bond donors (Lipinski definition) is 2. The molecule has 2 amide bonds. The molecular formula is C19H21ClN2O2S. The SMILES string of the molecule is Cc1cccc(NC(=O)CNC(=O)CSCc2ccc(Cl)cc2)c1C. The monoisotopic (exact) mass is 376 g/mol. The van der Waals surface area contributed by atoms with Crippen molar-refractivity contribution in [2.45, 2.75) is 19.6 Å². The maximum atomic E-state index is 12.0. The molecule has 0 atom stereocenters. The molecule has 0 radical (unpaired) electrons. The lowest BCUT2D eigenvalue weighted by atomic mass is 10.1. The molecule has 2 aromatic carbocycles. The quantitative estimate of drug-likeness (QED) is 0.769. The Hall–Kier alpha value is -1.98.